The van der Waals surface area contributed by atoms with Gasteiger partial charge in [-0.3, -0.25) is 4.79 Å². The quantitative estimate of drug-likeness (QED) is 0.558. The molecule has 1 N–H and O–H groups in total. The lowest BCUT2D eigenvalue weighted by Crippen LogP contribution is -2.40. The van der Waals surface area contributed by atoms with Crippen molar-refractivity contribution in [2.24, 2.45) is 0 Å². The summed E-state index contributed by atoms with van der Waals surface area (Å²) in [4.78, 5) is 13.0. The van der Waals surface area contributed by atoms with Crippen molar-refractivity contribution in [3.63, 3.8) is 0 Å². The van der Waals surface area contributed by atoms with E-state index in [9.17, 15) is 4.79 Å². The summed E-state index contributed by atoms with van der Waals surface area (Å²) in [5.41, 5.74) is 3.22. The molecule has 0 unspecified atom stereocenters. The molecule has 0 fully saturated rings. The lowest BCUT2D eigenvalue weighted by molar-refractivity contribution is -0.128. The molecule has 0 saturated carbocycles. The van der Waals surface area contributed by atoms with Gasteiger partial charge in [-0.25, -0.2) is 0 Å². The van der Waals surface area contributed by atoms with Crippen LogP contribution < -0.4 is 10.1 Å². The Hall–Kier alpha value is -2.78. The zero-order chi connectivity index (χ0) is 19.9. The number of hydrogen-bond acceptors (Lipinski definition) is 2. The van der Waals surface area contributed by atoms with Gasteiger partial charge in [0.05, 0.1) is 11.1 Å². The molecule has 0 heterocycles. The summed E-state index contributed by atoms with van der Waals surface area (Å²) in [6.07, 6.45) is -0.0940. The molecule has 28 heavy (non-hydrogen) atoms. The van der Waals surface area contributed by atoms with Crippen LogP contribution in [0.1, 0.15) is 36.1 Å². The minimum Gasteiger partial charge on any atom is -0.479 e. The number of aryl methyl sites for hydroxylation is 1. The van der Waals surface area contributed by atoms with Crippen molar-refractivity contribution in [1.29, 1.82) is 0 Å². The van der Waals surface area contributed by atoms with Gasteiger partial charge in [-0.05, 0) is 36.6 Å². The van der Waals surface area contributed by atoms with Crippen LogP contribution in [-0.2, 0) is 4.79 Å². The number of para-hydroxylation sites is 1. The first kappa shape index (κ1) is 20.0. The standard InChI is InChI=1S/C24H24ClNO2/c1-3-21(28-22-12-8-7-11-20(22)25)24(27)26-23(18-9-5-4-6-10-18)19-15-13-17(2)14-16-19/h4-16,21,23H,3H2,1-2H3,(H,26,27)/t21-,23+/m0/s1. The third-order valence-electron chi connectivity index (χ3n) is 4.60. The fourth-order valence-corrected chi connectivity index (χ4v) is 3.19. The molecule has 0 saturated heterocycles. The zero-order valence-corrected chi connectivity index (χ0v) is 16.8. The van der Waals surface area contributed by atoms with Gasteiger partial charge < -0.3 is 10.1 Å². The van der Waals surface area contributed by atoms with Gasteiger partial charge in [0.15, 0.2) is 6.10 Å². The van der Waals surface area contributed by atoms with Gasteiger partial charge in [-0.15, -0.1) is 0 Å². The number of amides is 1. The van der Waals surface area contributed by atoms with Gasteiger partial charge in [0.25, 0.3) is 5.91 Å². The largest absolute Gasteiger partial charge is 0.479 e. The third kappa shape index (κ3) is 4.93. The van der Waals surface area contributed by atoms with Crippen molar-refractivity contribution in [2.45, 2.75) is 32.4 Å². The average Bonchev–Trinajstić information content (AvgIpc) is 2.72. The van der Waals surface area contributed by atoms with Crippen LogP contribution in [0, 0.1) is 6.92 Å². The van der Waals surface area contributed by atoms with E-state index in [0.717, 1.165) is 11.1 Å². The van der Waals surface area contributed by atoms with Crippen LogP contribution in [0.2, 0.25) is 5.02 Å². The second kappa shape index (κ2) is 9.43. The molecule has 0 bridgehead atoms. The summed E-state index contributed by atoms with van der Waals surface area (Å²) >= 11 is 6.19. The minimum atomic E-state index is -0.628. The molecule has 0 aromatic heterocycles. The molecule has 144 valence electrons. The lowest BCUT2D eigenvalue weighted by Gasteiger charge is -2.24. The molecule has 0 aliphatic heterocycles. The first-order chi connectivity index (χ1) is 13.6. The number of hydrogen-bond donors (Lipinski definition) is 1. The Balaban J connectivity index is 1.83. The Bertz CT molecular complexity index is 909. The van der Waals surface area contributed by atoms with Crippen molar-refractivity contribution in [2.75, 3.05) is 0 Å². The number of rotatable bonds is 7. The Labute approximate surface area is 171 Å². The maximum Gasteiger partial charge on any atom is 0.261 e. The number of ether oxygens (including phenoxy) is 1. The van der Waals surface area contributed by atoms with E-state index in [1.165, 1.54) is 5.56 Å². The van der Waals surface area contributed by atoms with E-state index in [1.807, 2.05) is 68.4 Å². The topological polar surface area (TPSA) is 38.3 Å². The molecule has 3 nitrogen and oxygen atoms in total. The highest BCUT2D eigenvalue weighted by atomic mass is 35.5. The Morgan fingerprint density at radius 1 is 0.929 bits per heavy atom. The molecular weight excluding hydrogens is 370 g/mol. The molecule has 0 spiro atoms. The molecule has 0 aliphatic carbocycles. The monoisotopic (exact) mass is 393 g/mol. The summed E-state index contributed by atoms with van der Waals surface area (Å²) < 4.78 is 5.90. The van der Waals surface area contributed by atoms with Crippen molar-refractivity contribution < 1.29 is 9.53 Å². The predicted molar refractivity (Wildman–Crippen MR) is 114 cm³/mol. The lowest BCUT2D eigenvalue weighted by atomic mass is 9.97. The number of nitrogens with one attached hydrogen (secondary N) is 1. The molecular formula is C24H24ClNO2. The Morgan fingerprint density at radius 2 is 1.54 bits per heavy atom. The number of halogens is 1. The van der Waals surface area contributed by atoms with Crippen molar-refractivity contribution >= 4 is 17.5 Å². The number of carbonyl (C=O) groups excluding carboxylic acids is 1. The van der Waals surface area contributed by atoms with E-state index in [4.69, 9.17) is 16.3 Å². The molecule has 0 aliphatic rings. The molecule has 3 aromatic rings. The van der Waals surface area contributed by atoms with Gasteiger partial charge in [0, 0.05) is 0 Å². The van der Waals surface area contributed by atoms with E-state index in [-0.39, 0.29) is 11.9 Å². The van der Waals surface area contributed by atoms with E-state index >= 15 is 0 Å². The highest BCUT2D eigenvalue weighted by Crippen LogP contribution is 2.26. The van der Waals surface area contributed by atoms with Crippen molar-refractivity contribution in [1.82, 2.24) is 5.32 Å². The van der Waals surface area contributed by atoms with Gasteiger partial charge in [0.1, 0.15) is 5.75 Å². The normalized spacial score (nSPS) is 12.8. The fraction of sp³-hybridized carbons (Fsp3) is 0.208. The van der Waals surface area contributed by atoms with E-state index in [1.54, 1.807) is 12.1 Å². The SMILES string of the molecule is CC[C@H](Oc1ccccc1Cl)C(=O)N[C@H](c1ccccc1)c1ccc(C)cc1. The smallest absolute Gasteiger partial charge is 0.261 e. The Morgan fingerprint density at radius 3 is 2.18 bits per heavy atom. The van der Waals surface area contributed by atoms with Crippen molar-refractivity contribution in [3.8, 4) is 5.75 Å². The first-order valence-electron chi connectivity index (χ1n) is 9.41. The first-order valence-corrected chi connectivity index (χ1v) is 9.79. The molecule has 0 radical (unpaired) electrons. The highest BCUT2D eigenvalue weighted by molar-refractivity contribution is 6.32. The average molecular weight is 394 g/mol. The summed E-state index contributed by atoms with van der Waals surface area (Å²) in [7, 11) is 0. The third-order valence-corrected chi connectivity index (χ3v) is 4.91. The fourth-order valence-electron chi connectivity index (χ4n) is 3.01. The molecule has 4 heteroatoms. The van der Waals surface area contributed by atoms with E-state index in [0.29, 0.717) is 17.2 Å². The van der Waals surface area contributed by atoms with Crippen LogP contribution in [0.4, 0.5) is 0 Å². The second-order valence-electron chi connectivity index (χ2n) is 6.71. The van der Waals surface area contributed by atoms with Gasteiger partial charge >= 0.3 is 0 Å². The summed E-state index contributed by atoms with van der Waals surface area (Å²) in [5.74, 6) is 0.342. The van der Waals surface area contributed by atoms with Gasteiger partial charge in [-0.2, -0.15) is 0 Å². The maximum absolute atomic E-state index is 13.0. The number of carbonyl (C=O) groups is 1. The summed E-state index contributed by atoms with van der Waals surface area (Å²) in [6, 6.07) is 25.1. The van der Waals surface area contributed by atoms with E-state index < -0.39 is 6.10 Å². The maximum atomic E-state index is 13.0. The zero-order valence-electron chi connectivity index (χ0n) is 16.1. The predicted octanol–water partition coefficient (Wildman–Crippen LogP) is 5.71. The van der Waals surface area contributed by atoms with Gasteiger partial charge in [0.2, 0.25) is 0 Å². The summed E-state index contributed by atoms with van der Waals surface area (Å²) in [6.45, 7) is 3.97. The molecule has 2 atom stereocenters. The van der Waals surface area contributed by atoms with Crippen LogP contribution >= 0.6 is 11.6 Å². The van der Waals surface area contributed by atoms with Gasteiger partial charge in [-0.1, -0.05) is 90.8 Å². The Kier molecular flexibility index (Phi) is 6.72. The highest BCUT2D eigenvalue weighted by Gasteiger charge is 2.24. The molecule has 3 aromatic carbocycles. The van der Waals surface area contributed by atoms with Crippen LogP contribution in [0.3, 0.4) is 0 Å². The van der Waals surface area contributed by atoms with Crippen LogP contribution in [0.15, 0.2) is 78.9 Å². The molecule has 1 amide bonds. The van der Waals surface area contributed by atoms with E-state index in [2.05, 4.69) is 17.4 Å². The second-order valence-corrected chi connectivity index (χ2v) is 7.12. The number of benzene rings is 3. The minimum absolute atomic E-state index is 0.170. The van der Waals surface area contributed by atoms with Crippen LogP contribution in [-0.4, -0.2) is 12.0 Å². The molecule has 3 rings (SSSR count). The summed E-state index contributed by atoms with van der Waals surface area (Å²) in [5, 5.41) is 3.65. The van der Waals surface area contributed by atoms with Crippen LogP contribution in [0.5, 0.6) is 5.75 Å². The van der Waals surface area contributed by atoms with Crippen molar-refractivity contribution in [3.05, 3.63) is 101 Å². The van der Waals surface area contributed by atoms with Crippen LogP contribution in [0.25, 0.3) is 0 Å².